The quantitative estimate of drug-likeness (QED) is 0.438. The number of hydrogen-bond acceptors (Lipinski definition) is 7. The second-order valence-corrected chi connectivity index (χ2v) is 8.62. The number of fused-ring (bicyclic) bond motifs is 2. The van der Waals surface area contributed by atoms with Gasteiger partial charge in [0.25, 0.3) is 11.5 Å². The topological polar surface area (TPSA) is 86.0 Å². The number of hydrogen-bond donors (Lipinski definition) is 0. The second-order valence-electron chi connectivity index (χ2n) is 7.64. The number of benzene rings is 2. The van der Waals surface area contributed by atoms with E-state index in [0.717, 1.165) is 24.1 Å². The van der Waals surface area contributed by atoms with Gasteiger partial charge in [0.15, 0.2) is 17.3 Å². The van der Waals surface area contributed by atoms with Gasteiger partial charge >= 0.3 is 0 Å². The number of anilines is 1. The number of thiazole rings is 1. The van der Waals surface area contributed by atoms with Crippen molar-refractivity contribution in [2.75, 3.05) is 25.7 Å². The summed E-state index contributed by atoms with van der Waals surface area (Å²) < 4.78 is 12.3. The molecule has 0 N–H and O–H groups in total. The van der Waals surface area contributed by atoms with E-state index in [4.69, 9.17) is 9.47 Å². The van der Waals surface area contributed by atoms with Gasteiger partial charge in [-0.1, -0.05) is 42.9 Å². The summed E-state index contributed by atoms with van der Waals surface area (Å²) >= 11 is 1.18. The Labute approximate surface area is 193 Å². The molecule has 9 heteroatoms. The third-order valence-corrected chi connectivity index (χ3v) is 6.71. The molecule has 1 amide bonds. The van der Waals surface area contributed by atoms with Gasteiger partial charge in [-0.15, -0.1) is 5.10 Å². The summed E-state index contributed by atoms with van der Waals surface area (Å²) in [5.74, 6) is 1.40. The summed E-state index contributed by atoms with van der Waals surface area (Å²) in [4.78, 5) is 33.4. The van der Waals surface area contributed by atoms with Crippen LogP contribution in [0.5, 0.6) is 11.5 Å². The summed E-state index contributed by atoms with van der Waals surface area (Å²) in [5, 5.41) is 4.42. The lowest BCUT2D eigenvalue weighted by molar-refractivity contribution is -0.113. The molecule has 0 atom stereocenters. The van der Waals surface area contributed by atoms with Crippen LogP contribution < -0.4 is 24.5 Å². The van der Waals surface area contributed by atoms with Gasteiger partial charge in [0.2, 0.25) is 4.96 Å². The minimum Gasteiger partial charge on any atom is -0.493 e. The predicted octanol–water partition coefficient (Wildman–Crippen LogP) is 2.90. The van der Waals surface area contributed by atoms with Gasteiger partial charge in [-0.2, -0.15) is 9.50 Å². The molecule has 2 aromatic heterocycles. The molecule has 0 aliphatic carbocycles. The number of aromatic nitrogens is 3. The Hall–Kier alpha value is -3.72. The van der Waals surface area contributed by atoms with Crippen molar-refractivity contribution < 1.29 is 14.3 Å². The van der Waals surface area contributed by atoms with Crippen molar-refractivity contribution >= 4 is 33.5 Å². The van der Waals surface area contributed by atoms with E-state index in [0.29, 0.717) is 44.5 Å². The highest BCUT2D eigenvalue weighted by molar-refractivity contribution is 7.15. The zero-order valence-corrected chi connectivity index (χ0v) is 19.3. The Morgan fingerprint density at radius 1 is 1.03 bits per heavy atom. The van der Waals surface area contributed by atoms with Crippen LogP contribution in [0.2, 0.25) is 0 Å². The molecule has 0 radical (unpaired) electrons. The highest BCUT2D eigenvalue weighted by atomic mass is 32.1. The molecular weight excluding hydrogens is 440 g/mol. The zero-order chi connectivity index (χ0) is 23.1. The summed E-state index contributed by atoms with van der Waals surface area (Å²) in [6, 6.07) is 12.9. The van der Waals surface area contributed by atoms with Crippen LogP contribution in [0.15, 0.2) is 47.3 Å². The first-order valence-electron chi connectivity index (χ1n) is 10.6. The molecule has 0 bridgehead atoms. The fourth-order valence-electron chi connectivity index (χ4n) is 4.02. The van der Waals surface area contributed by atoms with Gasteiger partial charge in [0.05, 0.1) is 25.5 Å². The average molecular weight is 463 g/mol. The minimum absolute atomic E-state index is 0.147. The number of unbranched alkanes of at least 4 members (excludes halogenated alkanes) is 1. The summed E-state index contributed by atoms with van der Waals surface area (Å²) in [6.07, 6.45) is 1.87. The largest absolute Gasteiger partial charge is 0.493 e. The third kappa shape index (κ3) is 3.36. The van der Waals surface area contributed by atoms with Crippen molar-refractivity contribution in [1.82, 2.24) is 14.6 Å². The Morgan fingerprint density at radius 2 is 1.82 bits per heavy atom. The van der Waals surface area contributed by atoms with Crippen LogP contribution in [0.1, 0.15) is 25.3 Å². The smallest absolute Gasteiger partial charge is 0.291 e. The summed E-state index contributed by atoms with van der Waals surface area (Å²) in [5.41, 5.74) is 2.40. The molecule has 0 unspecified atom stereocenters. The van der Waals surface area contributed by atoms with Crippen molar-refractivity contribution in [2.45, 2.75) is 19.8 Å². The molecule has 0 saturated heterocycles. The lowest BCUT2D eigenvalue weighted by atomic mass is 10.1. The SMILES string of the molecule is CCCCN1C(=O)/C(=c2\sc3nc(-c4ccc(OC)c(OC)c4)nn3c2=O)c2ccccc21. The number of nitrogens with zero attached hydrogens (tertiary/aromatic N) is 4. The van der Waals surface area contributed by atoms with Crippen molar-refractivity contribution in [2.24, 2.45) is 0 Å². The predicted molar refractivity (Wildman–Crippen MR) is 127 cm³/mol. The van der Waals surface area contributed by atoms with E-state index in [9.17, 15) is 9.59 Å². The summed E-state index contributed by atoms with van der Waals surface area (Å²) in [7, 11) is 3.12. The van der Waals surface area contributed by atoms with Crippen LogP contribution in [0.25, 0.3) is 21.9 Å². The molecule has 33 heavy (non-hydrogen) atoms. The first-order valence-corrected chi connectivity index (χ1v) is 11.5. The van der Waals surface area contributed by atoms with E-state index in [1.54, 1.807) is 31.3 Å². The number of rotatable bonds is 6. The summed E-state index contributed by atoms with van der Waals surface area (Å²) in [6.45, 7) is 2.71. The van der Waals surface area contributed by atoms with E-state index in [1.165, 1.54) is 15.9 Å². The zero-order valence-electron chi connectivity index (χ0n) is 18.5. The van der Waals surface area contributed by atoms with Gasteiger partial charge < -0.3 is 14.4 Å². The second kappa shape index (κ2) is 8.32. The molecule has 0 spiro atoms. The highest BCUT2D eigenvalue weighted by Gasteiger charge is 2.33. The molecule has 0 fully saturated rings. The number of methoxy groups -OCH3 is 2. The molecule has 8 nitrogen and oxygen atoms in total. The van der Waals surface area contributed by atoms with Gasteiger partial charge in [0.1, 0.15) is 4.53 Å². The standard InChI is InChI=1S/C24H22N4O4S/c1-4-5-12-27-16-9-7-6-8-15(16)19(22(27)29)20-23(30)28-24(33-20)25-21(26-28)14-10-11-17(31-2)18(13-14)32-3/h6-11,13H,4-5,12H2,1-3H3/b20-19-. The van der Waals surface area contributed by atoms with E-state index in [-0.39, 0.29) is 11.5 Å². The number of para-hydroxylation sites is 1. The normalized spacial score (nSPS) is 14.8. The fraction of sp³-hybridized carbons (Fsp3) is 0.250. The van der Waals surface area contributed by atoms with Crippen LogP contribution in [0, 0.1) is 0 Å². The van der Waals surface area contributed by atoms with Crippen LogP contribution in [-0.2, 0) is 4.79 Å². The molecule has 1 aliphatic rings. The maximum absolute atomic E-state index is 13.3. The molecule has 3 heterocycles. The van der Waals surface area contributed by atoms with E-state index >= 15 is 0 Å². The Morgan fingerprint density at radius 3 is 2.55 bits per heavy atom. The van der Waals surface area contributed by atoms with Gasteiger partial charge in [-0.25, -0.2) is 0 Å². The van der Waals surface area contributed by atoms with E-state index in [2.05, 4.69) is 17.0 Å². The maximum Gasteiger partial charge on any atom is 0.291 e. The lowest BCUT2D eigenvalue weighted by Crippen LogP contribution is -2.33. The molecule has 0 saturated carbocycles. The van der Waals surface area contributed by atoms with Gasteiger partial charge in [0, 0.05) is 17.7 Å². The van der Waals surface area contributed by atoms with Crippen LogP contribution in [0.4, 0.5) is 5.69 Å². The third-order valence-electron chi connectivity index (χ3n) is 5.68. The minimum atomic E-state index is -0.343. The molecule has 1 aliphatic heterocycles. The molecule has 5 rings (SSSR count). The van der Waals surface area contributed by atoms with Gasteiger partial charge in [-0.05, 0) is 30.7 Å². The monoisotopic (exact) mass is 462 g/mol. The van der Waals surface area contributed by atoms with E-state index in [1.807, 2.05) is 30.3 Å². The van der Waals surface area contributed by atoms with Crippen LogP contribution >= 0.6 is 11.3 Å². The van der Waals surface area contributed by atoms with Crippen molar-refractivity contribution in [3.8, 4) is 22.9 Å². The molecule has 168 valence electrons. The van der Waals surface area contributed by atoms with Crippen molar-refractivity contribution in [3.63, 3.8) is 0 Å². The van der Waals surface area contributed by atoms with Gasteiger partial charge in [-0.3, -0.25) is 9.59 Å². The molecule has 2 aromatic carbocycles. The first kappa shape index (κ1) is 21.1. The molecular formula is C24H22N4O4S. The Bertz CT molecular complexity index is 1490. The number of carbonyl (C=O) groups is 1. The maximum atomic E-state index is 13.3. The average Bonchev–Trinajstić information content (AvgIpc) is 3.47. The van der Waals surface area contributed by atoms with Crippen molar-refractivity contribution in [3.05, 3.63) is 62.9 Å². The highest BCUT2D eigenvalue weighted by Crippen LogP contribution is 2.35. The number of carbonyl (C=O) groups excluding carboxylic acids is 1. The van der Waals surface area contributed by atoms with Crippen LogP contribution in [-0.4, -0.2) is 41.3 Å². The number of amides is 1. The first-order chi connectivity index (χ1) is 16.1. The Kier molecular flexibility index (Phi) is 5.33. The molecule has 4 aromatic rings. The van der Waals surface area contributed by atoms with E-state index < -0.39 is 0 Å². The lowest BCUT2D eigenvalue weighted by Gasteiger charge is -2.16. The number of ether oxygens (including phenoxy) is 2. The van der Waals surface area contributed by atoms with Crippen molar-refractivity contribution in [1.29, 1.82) is 0 Å². The van der Waals surface area contributed by atoms with Crippen LogP contribution in [0.3, 0.4) is 0 Å². The fourth-order valence-corrected chi connectivity index (χ4v) is 5.02. The Balaban J connectivity index is 1.64.